The van der Waals surface area contributed by atoms with Crippen LogP contribution < -0.4 is 0 Å². The van der Waals surface area contributed by atoms with Crippen LogP contribution in [0.4, 0.5) is 0 Å². The average Bonchev–Trinajstić information content (AvgIpc) is 3.09. The van der Waals surface area contributed by atoms with Crippen LogP contribution in [0.15, 0.2) is 30.3 Å². The predicted molar refractivity (Wildman–Crippen MR) is 80.7 cm³/mol. The molecule has 0 aliphatic carbocycles. The van der Waals surface area contributed by atoms with E-state index in [9.17, 15) is 4.79 Å². The molecule has 0 N–H and O–H groups in total. The first-order chi connectivity index (χ1) is 10.6. The highest BCUT2D eigenvalue weighted by Crippen LogP contribution is 2.33. The lowest BCUT2D eigenvalue weighted by Crippen LogP contribution is -2.37. The summed E-state index contributed by atoms with van der Waals surface area (Å²) in [4.78, 5) is 12.0. The molecule has 114 valence electrons. The minimum atomic E-state index is -0.701. The molecule has 0 spiro atoms. The summed E-state index contributed by atoms with van der Waals surface area (Å²) in [5.74, 6) is 0.728. The maximum Gasteiger partial charge on any atom is 0.218 e. The summed E-state index contributed by atoms with van der Waals surface area (Å²) >= 11 is 5.50. The summed E-state index contributed by atoms with van der Waals surface area (Å²) in [5.41, 5.74) is 0.985. The van der Waals surface area contributed by atoms with Crippen LogP contribution in [0.2, 0.25) is 0 Å². The number of aromatic nitrogens is 3. The second-order valence-corrected chi connectivity index (χ2v) is 5.92. The summed E-state index contributed by atoms with van der Waals surface area (Å²) in [6, 6.07) is 9.64. The quantitative estimate of drug-likeness (QED) is 0.792. The van der Waals surface area contributed by atoms with E-state index >= 15 is 0 Å². The van der Waals surface area contributed by atoms with Gasteiger partial charge in [-0.1, -0.05) is 30.3 Å². The molecule has 0 amide bonds. The molecule has 1 aromatic heterocycles. The van der Waals surface area contributed by atoms with Crippen molar-refractivity contribution in [1.29, 1.82) is 0 Å². The summed E-state index contributed by atoms with van der Waals surface area (Å²) in [5, 5.41) is 4.64. The Morgan fingerprint density at radius 3 is 2.86 bits per heavy atom. The maximum absolute atomic E-state index is 12.0. The van der Waals surface area contributed by atoms with E-state index in [-0.39, 0.29) is 17.9 Å². The minimum Gasteiger partial charge on any atom is -0.343 e. The molecular formula is C15H15N3O3S. The third-order valence-corrected chi connectivity index (χ3v) is 4.62. The van der Waals surface area contributed by atoms with Crippen LogP contribution in [0.1, 0.15) is 12.5 Å². The van der Waals surface area contributed by atoms with Gasteiger partial charge in [0.05, 0.1) is 12.6 Å². The van der Waals surface area contributed by atoms with E-state index in [2.05, 4.69) is 5.10 Å². The van der Waals surface area contributed by atoms with Crippen molar-refractivity contribution in [2.24, 2.45) is 7.05 Å². The molecule has 7 heteroatoms. The highest BCUT2D eigenvalue weighted by molar-refractivity contribution is 7.71. The maximum atomic E-state index is 12.0. The van der Waals surface area contributed by atoms with Gasteiger partial charge in [0, 0.05) is 19.0 Å². The van der Waals surface area contributed by atoms with E-state index < -0.39 is 6.29 Å². The summed E-state index contributed by atoms with van der Waals surface area (Å²) in [6.45, 7) is 0.403. The first-order valence-electron chi connectivity index (χ1n) is 7.16. The van der Waals surface area contributed by atoms with Crippen molar-refractivity contribution in [2.75, 3.05) is 6.61 Å². The summed E-state index contributed by atoms with van der Waals surface area (Å²) in [7, 11) is 1.88. The van der Waals surface area contributed by atoms with Gasteiger partial charge in [-0.25, -0.2) is 4.68 Å². The number of nitrogens with zero attached hydrogens (tertiary/aromatic N) is 3. The van der Waals surface area contributed by atoms with Gasteiger partial charge in [0.2, 0.25) is 6.29 Å². The Labute approximate surface area is 132 Å². The van der Waals surface area contributed by atoms with Gasteiger partial charge in [-0.15, -0.1) is 0 Å². The molecule has 2 aliphatic rings. The van der Waals surface area contributed by atoms with Crippen LogP contribution in [-0.4, -0.2) is 39.1 Å². The number of ether oxygens (including phenoxy) is 2. The lowest BCUT2D eigenvalue weighted by atomic mass is 10.0. The van der Waals surface area contributed by atoms with Gasteiger partial charge in [0.1, 0.15) is 6.10 Å². The van der Waals surface area contributed by atoms with Gasteiger partial charge in [-0.05, 0) is 12.2 Å². The van der Waals surface area contributed by atoms with Crippen molar-refractivity contribution in [3.63, 3.8) is 0 Å². The predicted octanol–water partition coefficient (Wildman–Crippen LogP) is 1.87. The standard InChI is InChI=1S/C15H15N3O3S/c1-17-13(9-5-3-2-4-6-9)16-18(15(17)22)10-7-11(19)14-20-8-12(10)21-14/h2-6,10,12,14H,7-8H2,1H3/t10-,12-,14-/m1/s1. The normalized spacial score (nSPS) is 27.3. The molecule has 2 bridgehead atoms. The highest BCUT2D eigenvalue weighted by Gasteiger charge is 2.45. The molecule has 2 aliphatic heterocycles. The molecule has 22 heavy (non-hydrogen) atoms. The monoisotopic (exact) mass is 317 g/mol. The first-order valence-corrected chi connectivity index (χ1v) is 7.56. The number of hydrogen-bond acceptors (Lipinski definition) is 5. The van der Waals surface area contributed by atoms with E-state index in [1.54, 1.807) is 4.68 Å². The number of ketones is 1. The van der Waals surface area contributed by atoms with E-state index in [1.807, 2.05) is 41.9 Å². The highest BCUT2D eigenvalue weighted by atomic mass is 32.1. The topological polar surface area (TPSA) is 58.3 Å². The Morgan fingerprint density at radius 1 is 1.32 bits per heavy atom. The SMILES string of the molecule is Cn1c(-c2ccccc2)nn([C@@H]2CC(=O)[C@@H]3OC[C@H]2O3)c1=S. The van der Waals surface area contributed by atoms with Crippen molar-refractivity contribution in [2.45, 2.75) is 24.9 Å². The van der Waals surface area contributed by atoms with Crippen LogP contribution in [0, 0.1) is 4.77 Å². The molecule has 2 aromatic rings. The van der Waals surface area contributed by atoms with Crippen molar-refractivity contribution < 1.29 is 14.3 Å². The van der Waals surface area contributed by atoms with E-state index in [1.165, 1.54) is 0 Å². The van der Waals surface area contributed by atoms with Gasteiger partial charge in [-0.3, -0.25) is 4.79 Å². The molecule has 0 unspecified atom stereocenters. The second kappa shape index (κ2) is 5.12. The van der Waals surface area contributed by atoms with E-state index in [0.29, 0.717) is 17.8 Å². The van der Waals surface area contributed by atoms with Crippen LogP contribution in [0.3, 0.4) is 0 Å². The Hall–Kier alpha value is -1.83. The largest absolute Gasteiger partial charge is 0.343 e. The smallest absolute Gasteiger partial charge is 0.218 e. The van der Waals surface area contributed by atoms with Gasteiger partial charge in [0.15, 0.2) is 16.4 Å². The number of carbonyl (C=O) groups is 1. The fraction of sp³-hybridized carbons (Fsp3) is 0.400. The number of benzene rings is 1. The molecule has 1 aromatic carbocycles. The lowest BCUT2D eigenvalue weighted by Gasteiger charge is -2.26. The van der Waals surface area contributed by atoms with Crippen molar-refractivity contribution >= 4 is 18.0 Å². The molecule has 0 radical (unpaired) electrons. The fourth-order valence-electron chi connectivity index (χ4n) is 2.98. The average molecular weight is 317 g/mol. The zero-order valence-corrected chi connectivity index (χ0v) is 12.8. The van der Waals surface area contributed by atoms with Crippen molar-refractivity contribution in [3.8, 4) is 11.4 Å². The molecule has 6 nitrogen and oxygen atoms in total. The summed E-state index contributed by atoms with van der Waals surface area (Å²) in [6.07, 6.45) is -0.532. The number of Topliss-reactive ketones (excluding diaryl/α,β-unsaturated/α-hetero) is 1. The first kappa shape index (κ1) is 13.8. The van der Waals surface area contributed by atoms with Gasteiger partial charge in [0.25, 0.3) is 0 Å². The molecule has 2 fully saturated rings. The molecule has 3 atom stereocenters. The van der Waals surface area contributed by atoms with Gasteiger partial charge >= 0.3 is 0 Å². The van der Waals surface area contributed by atoms with Crippen LogP contribution in [0.5, 0.6) is 0 Å². The Kier molecular flexibility index (Phi) is 3.21. The Bertz CT molecular complexity index is 783. The molecule has 2 saturated heterocycles. The number of hydrogen-bond donors (Lipinski definition) is 0. The molecule has 3 heterocycles. The van der Waals surface area contributed by atoms with Crippen LogP contribution >= 0.6 is 12.2 Å². The fourth-order valence-corrected chi connectivity index (χ4v) is 3.24. The minimum absolute atomic E-state index is 0.0486. The molecular weight excluding hydrogens is 302 g/mol. The number of fused-ring (bicyclic) bond motifs is 2. The van der Waals surface area contributed by atoms with E-state index in [4.69, 9.17) is 21.7 Å². The third-order valence-electron chi connectivity index (χ3n) is 4.16. The second-order valence-electron chi connectivity index (χ2n) is 5.55. The Morgan fingerprint density at radius 2 is 2.09 bits per heavy atom. The van der Waals surface area contributed by atoms with E-state index in [0.717, 1.165) is 11.4 Å². The summed E-state index contributed by atoms with van der Waals surface area (Å²) < 4.78 is 15.1. The molecule has 4 rings (SSSR count). The van der Waals surface area contributed by atoms with Crippen molar-refractivity contribution in [3.05, 3.63) is 35.1 Å². The van der Waals surface area contributed by atoms with Crippen molar-refractivity contribution in [1.82, 2.24) is 14.3 Å². The van der Waals surface area contributed by atoms with Crippen LogP contribution in [0.25, 0.3) is 11.4 Å². The molecule has 0 saturated carbocycles. The zero-order chi connectivity index (χ0) is 15.3. The van der Waals surface area contributed by atoms with Gasteiger partial charge in [-0.2, -0.15) is 5.10 Å². The third kappa shape index (κ3) is 2.05. The van der Waals surface area contributed by atoms with Crippen LogP contribution in [-0.2, 0) is 21.3 Å². The zero-order valence-electron chi connectivity index (χ0n) is 12.0. The number of carbonyl (C=O) groups excluding carboxylic acids is 1. The Balaban J connectivity index is 1.77. The lowest BCUT2D eigenvalue weighted by molar-refractivity contribution is -0.156. The van der Waals surface area contributed by atoms with Gasteiger partial charge < -0.3 is 14.0 Å². The number of rotatable bonds is 2.